The third kappa shape index (κ3) is 12.1. The molecule has 2 amide bonds. The van der Waals surface area contributed by atoms with E-state index < -0.39 is 6.04 Å². The summed E-state index contributed by atoms with van der Waals surface area (Å²) >= 11 is 0. The van der Waals surface area contributed by atoms with E-state index in [0.29, 0.717) is 6.42 Å². The zero-order valence-corrected chi connectivity index (χ0v) is 16.4. The van der Waals surface area contributed by atoms with Gasteiger partial charge in [0.2, 0.25) is 11.8 Å². The van der Waals surface area contributed by atoms with Gasteiger partial charge in [0.25, 0.3) is 0 Å². The van der Waals surface area contributed by atoms with Crippen LogP contribution in [0.2, 0.25) is 0 Å². The number of amides is 2. The topological polar surface area (TPSA) is 58.2 Å². The molecular weight excluding hydrogens is 300 g/mol. The standard InChI is InChI=1S/C20H38N2O2/c1-7-8-9-10-11-12-13-14-15-17(23)21-18(16(2)3)19(24)22-20(4,5)6/h7,16,18H,1,8-15H2,2-6H3,(H,21,23)(H,22,24)/t18-/m0/s1. The van der Waals surface area contributed by atoms with Crippen molar-refractivity contribution in [3.63, 3.8) is 0 Å². The van der Waals surface area contributed by atoms with Crippen molar-refractivity contribution >= 4 is 11.8 Å². The van der Waals surface area contributed by atoms with Gasteiger partial charge in [-0.3, -0.25) is 9.59 Å². The Bertz CT molecular complexity index is 384. The van der Waals surface area contributed by atoms with Crippen molar-refractivity contribution in [3.05, 3.63) is 12.7 Å². The van der Waals surface area contributed by atoms with Crippen molar-refractivity contribution in [1.82, 2.24) is 10.6 Å². The normalized spacial score (nSPS) is 12.8. The van der Waals surface area contributed by atoms with E-state index in [2.05, 4.69) is 17.2 Å². The predicted octanol–water partition coefficient (Wildman–Crippen LogP) is 4.35. The van der Waals surface area contributed by atoms with Gasteiger partial charge in [0.1, 0.15) is 6.04 Å². The van der Waals surface area contributed by atoms with Gasteiger partial charge in [-0.05, 0) is 46.0 Å². The van der Waals surface area contributed by atoms with Gasteiger partial charge in [0.05, 0.1) is 0 Å². The van der Waals surface area contributed by atoms with Gasteiger partial charge in [-0.2, -0.15) is 0 Å². The molecule has 140 valence electrons. The molecule has 4 nitrogen and oxygen atoms in total. The van der Waals surface area contributed by atoms with E-state index >= 15 is 0 Å². The quantitative estimate of drug-likeness (QED) is 0.410. The number of allylic oxidation sites excluding steroid dienone is 1. The molecule has 0 aromatic carbocycles. The highest BCUT2D eigenvalue weighted by atomic mass is 16.2. The SMILES string of the molecule is C=CCCCCCCCCC(=O)N[C@H](C(=O)NC(C)(C)C)C(C)C. The van der Waals surface area contributed by atoms with Crippen LogP contribution in [-0.4, -0.2) is 23.4 Å². The molecule has 0 radical (unpaired) electrons. The third-order valence-electron chi connectivity index (χ3n) is 3.83. The molecule has 0 rings (SSSR count). The minimum absolute atomic E-state index is 0.0237. The molecule has 0 saturated carbocycles. The highest BCUT2D eigenvalue weighted by Gasteiger charge is 2.26. The highest BCUT2D eigenvalue weighted by molar-refractivity contribution is 5.88. The molecule has 0 heterocycles. The first kappa shape index (κ1) is 22.7. The van der Waals surface area contributed by atoms with E-state index in [-0.39, 0.29) is 23.3 Å². The summed E-state index contributed by atoms with van der Waals surface area (Å²) in [5.74, 6) is -0.0568. The first-order valence-electron chi connectivity index (χ1n) is 9.39. The second-order valence-corrected chi connectivity index (χ2v) is 7.98. The molecule has 24 heavy (non-hydrogen) atoms. The van der Waals surface area contributed by atoms with Crippen LogP contribution in [0.25, 0.3) is 0 Å². The van der Waals surface area contributed by atoms with E-state index in [4.69, 9.17) is 0 Å². The number of hydrogen-bond acceptors (Lipinski definition) is 2. The monoisotopic (exact) mass is 338 g/mol. The molecule has 0 fully saturated rings. The minimum Gasteiger partial charge on any atom is -0.350 e. The molecule has 1 atom stereocenters. The van der Waals surface area contributed by atoms with Gasteiger partial charge < -0.3 is 10.6 Å². The Balaban J connectivity index is 4.04. The highest BCUT2D eigenvalue weighted by Crippen LogP contribution is 2.10. The van der Waals surface area contributed by atoms with Crippen molar-refractivity contribution in [2.75, 3.05) is 0 Å². The summed E-state index contributed by atoms with van der Waals surface area (Å²) in [5, 5.41) is 5.84. The molecule has 0 aromatic rings. The largest absolute Gasteiger partial charge is 0.350 e. The van der Waals surface area contributed by atoms with Gasteiger partial charge >= 0.3 is 0 Å². The fourth-order valence-electron chi connectivity index (χ4n) is 2.51. The zero-order valence-electron chi connectivity index (χ0n) is 16.4. The lowest BCUT2D eigenvalue weighted by Gasteiger charge is -2.27. The Morgan fingerprint density at radius 2 is 1.54 bits per heavy atom. The van der Waals surface area contributed by atoms with Crippen LogP contribution in [0, 0.1) is 5.92 Å². The van der Waals surface area contributed by atoms with Gasteiger partial charge in [0, 0.05) is 12.0 Å². The van der Waals surface area contributed by atoms with Gasteiger partial charge in [0.15, 0.2) is 0 Å². The third-order valence-corrected chi connectivity index (χ3v) is 3.83. The lowest BCUT2D eigenvalue weighted by atomic mass is 10.0. The van der Waals surface area contributed by atoms with Crippen LogP contribution in [-0.2, 0) is 9.59 Å². The van der Waals surface area contributed by atoms with E-state index in [0.717, 1.165) is 19.3 Å². The molecular formula is C20H38N2O2. The predicted molar refractivity (Wildman–Crippen MR) is 102 cm³/mol. The summed E-state index contributed by atoms with van der Waals surface area (Å²) < 4.78 is 0. The molecule has 0 bridgehead atoms. The van der Waals surface area contributed by atoms with Gasteiger partial charge in [-0.1, -0.05) is 45.6 Å². The van der Waals surface area contributed by atoms with Crippen LogP contribution < -0.4 is 10.6 Å². The Morgan fingerprint density at radius 3 is 2.04 bits per heavy atom. The van der Waals surface area contributed by atoms with Crippen LogP contribution in [0.15, 0.2) is 12.7 Å². The van der Waals surface area contributed by atoms with Crippen molar-refractivity contribution in [2.45, 2.75) is 97.6 Å². The number of carbonyl (C=O) groups excluding carboxylic acids is 2. The average molecular weight is 339 g/mol. The minimum atomic E-state index is -0.462. The molecule has 0 saturated heterocycles. The number of hydrogen-bond donors (Lipinski definition) is 2. The molecule has 0 unspecified atom stereocenters. The lowest BCUT2D eigenvalue weighted by Crippen LogP contribution is -2.54. The van der Waals surface area contributed by atoms with E-state index in [1.54, 1.807) is 0 Å². The maximum Gasteiger partial charge on any atom is 0.243 e. The molecule has 0 aromatic heterocycles. The molecule has 0 aliphatic carbocycles. The first-order chi connectivity index (χ1) is 11.2. The Kier molecular flexibility index (Phi) is 11.4. The Hall–Kier alpha value is -1.32. The van der Waals surface area contributed by atoms with Gasteiger partial charge in [-0.25, -0.2) is 0 Å². The number of carbonyl (C=O) groups is 2. The van der Waals surface area contributed by atoms with Crippen LogP contribution in [0.1, 0.15) is 86.0 Å². The van der Waals surface area contributed by atoms with E-state index in [1.165, 1.54) is 25.7 Å². The molecule has 0 spiro atoms. The second-order valence-electron chi connectivity index (χ2n) is 7.98. The Labute approximate surface area is 148 Å². The van der Waals surface area contributed by atoms with Crippen LogP contribution in [0.5, 0.6) is 0 Å². The van der Waals surface area contributed by atoms with Crippen LogP contribution in [0.4, 0.5) is 0 Å². The molecule has 0 aliphatic rings. The number of rotatable bonds is 12. The summed E-state index contributed by atoms with van der Waals surface area (Å²) in [6.07, 6.45) is 10.4. The zero-order chi connectivity index (χ0) is 18.6. The summed E-state index contributed by atoms with van der Waals surface area (Å²) in [5.41, 5.74) is -0.291. The maximum absolute atomic E-state index is 12.3. The first-order valence-corrected chi connectivity index (χ1v) is 9.39. The van der Waals surface area contributed by atoms with Crippen molar-refractivity contribution in [3.8, 4) is 0 Å². The maximum atomic E-state index is 12.3. The van der Waals surface area contributed by atoms with Crippen LogP contribution >= 0.6 is 0 Å². The van der Waals surface area contributed by atoms with Crippen molar-refractivity contribution < 1.29 is 9.59 Å². The summed E-state index contributed by atoms with van der Waals surface area (Å²) in [6, 6.07) is -0.462. The second kappa shape index (κ2) is 12.1. The summed E-state index contributed by atoms with van der Waals surface area (Å²) in [6.45, 7) is 13.5. The average Bonchev–Trinajstić information content (AvgIpc) is 2.45. The van der Waals surface area contributed by atoms with Crippen molar-refractivity contribution in [2.24, 2.45) is 5.92 Å². The van der Waals surface area contributed by atoms with Crippen molar-refractivity contribution in [1.29, 1.82) is 0 Å². The molecule has 4 heteroatoms. The van der Waals surface area contributed by atoms with Gasteiger partial charge in [-0.15, -0.1) is 6.58 Å². The summed E-state index contributed by atoms with van der Waals surface area (Å²) in [4.78, 5) is 24.4. The van der Waals surface area contributed by atoms with Crippen LogP contribution in [0.3, 0.4) is 0 Å². The Morgan fingerprint density at radius 1 is 1.00 bits per heavy atom. The smallest absolute Gasteiger partial charge is 0.243 e. The molecule has 0 aliphatic heterocycles. The fourth-order valence-corrected chi connectivity index (χ4v) is 2.51. The number of unbranched alkanes of at least 4 members (excludes halogenated alkanes) is 6. The lowest BCUT2D eigenvalue weighted by molar-refractivity contribution is -0.131. The number of nitrogens with one attached hydrogen (secondary N) is 2. The fraction of sp³-hybridized carbons (Fsp3) is 0.800. The molecule has 2 N–H and O–H groups in total. The summed E-state index contributed by atoms with van der Waals surface area (Å²) in [7, 11) is 0. The van der Waals surface area contributed by atoms with E-state index in [1.807, 2.05) is 40.7 Å². The van der Waals surface area contributed by atoms with E-state index in [9.17, 15) is 9.59 Å².